The number of morpholine rings is 1. The van der Waals surface area contributed by atoms with Gasteiger partial charge in [0.1, 0.15) is 11.8 Å². The van der Waals surface area contributed by atoms with E-state index in [1.54, 1.807) is 13.8 Å². The van der Waals surface area contributed by atoms with E-state index in [0.29, 0.717) is 30.9 Å². The van der Waals surface area contributed by atoms with Gasteiger partial charge in [0.05, 0.1) is 24.7 Å². The maximum Gasteiger partial charge on any atom is 0.183 e. The number of aliphatic hydroxyl groups is 1. The average molecular weight is 262 g/mol. The number of rotatable bonds is 2. The van der Waals surface area contributed by atoms with Crippen LogP contribution in [-0.4, -0.2) is 48.6 Å². The fourth-order valence-electron chi connectivity index (χ4n) is 2.45. The molecule has 2 rings (SSSR count). The van der Waals surface area contributed by atoms with Crippen molar-refractivity contribution < 1.29 is 14.6 Å². The predicted molar refractivity (Wildman–Crippen MR) is 69.4 cm³/mol. The van der Waals surface area contributed by atoms with Crippen molar-refractivity contribution in [3.63, 3.8) is 0 Å². The van der Waals surface area contributed by atoms with Crippen molar-refractivity contribution in [3.05, 3.63) is 22.5 Å². The van der Waals surface area contributed by atoms with E-state index in [4.69, 9.17) is 10.00 Å². The molecule has 1 saturated heterocycles. The summed E-state index contributed by atoms with van der Waals surface area (Å²) in [7, 11) is 0. The first-order valence-electron chi connectivity index (χ1n) is 6.44. The van der Waals surface area contributed by atoms with E-state index in [-0.39, 0.29) is 17.1 Å². The SMILES string of the molecule is CC1=C(C#N)C(=O)[C@H](C)C(O)=C1CN1CCOCC1. The van der Waals surface area contributed by atoms with E-state index in [9.17, 15) is 9.90 Å². The number of hydrogen-bond acceptors (Lipinski definition) is 5. The Hall–Kier alpha value is -1.64. The van der Waals surface area contributed by atoms with E-state index >= 15 is 0 Å². The fraction of sp³-hybridized carbons (Fsp3) is 0.571. The van der Waals surface area contributed by atoms with E-state index in [2.05, 4.69) is 4.90 Å². The van der Waals surface area contributed by atoms with Crippen LogP contribution in [0.5, 0.6) is 0 Å². The van der Waals surface area contributed by atoms with Gasteiger partial charge in [-0.15, -0.1) is 0 Å². The molecular formula is C14H18N2O3. The lowest BCUT2D eigenvalue weighted by molar-refractivity contribution is -0.118. The minimum atomic E-state index is -0.616. The molecule has 19 heavy (non-hydrogen) atoms. The van der Waals surface area contributed by atoms with Gasteiger partial charge in [0, 0.05) is 25.2 Å². The zero-order valence-electron chi connectivity index (χ0n) is 11.3. The van der Waals surface area contributed by atoms with Gasteiger partial charge in [-0.2, -0.15) is 5.26 Å². The molecule has 0 bridgehead atoms. The molecular weight excluding hydrogens is 244 g/mol. The molecule has 1 N–H and O–H groups in total. The Morgan fingerprint density at radius 2 is 2.11 bits per heavy atom. The quantitative estimate of drug-likeness (QED) is 0.809. The van der Waals surface area contributed by atoms with Gasteiger partial charge in [0.2, 0.25) is 0 Å². The normalized spacial score (nSPS) is 25.7. The first kappa shape index (κ1) is 13.8. The first-order chi connectivity index (χ1) is 9.06. The molecule has 0 aromatic carbocycles. The maximum absolute atomic E-state index is 11.9. The van der Waals surface area contributed by atoms with E-state index in [1.165, 1.54) is 0 Å². The summed E-state index contributed by atoms with van der Waals surface area (Å²) >= 11 is 0. The number of carbonyl (C=O) groups is 1. The van der Waals surface area contributed by atoms with Gasteiger partial charge in [0.25, 0.3) is 0 Å². The monoisotopic (exact) mass is 262 g/mol. The van der Waals surface area contributed by atoms with Gasteiger partial charge in [-0.25, -0.2) is 0 Å². The Kier molecular flexibility index (Phi) is 4.03. The van der Waals surface area contributed by atoms with Crippen LogP contribution < -0.4 is 0 Å². The van der Waals surface area contributed by atoms with Crippen molar-refractivity contribution >= 4 is 5.78 Å². The first-order valence-corrected chi connectivity index (χ1v) is 6.44. The lowest BCUT2D eigenvalue weighted by atomic mass is 9.83. The van der Waals surface area contributed by atoms with Crippen LogP contribution in [0.3, 0.4) is 0 Å². The van der Waals surface area contributed by atoms with Crippen molar-refractivity contribution in [2.45, 2.75) is 13.8 Å². The summed E-state index contributed by atoms with van der Waals surface area (Å²) in [5.41, 5.74) is 1.49. The van der Waals surface area contributed by atoms with Crippen LogP contribution in [0.2, 0.25) is 0 Å². The Morgan fingerprint density at radius 1 is 1.47 bits per heavy atom. The molecule has 0 radical (unpaired) electrons. The average Bonchev–Trinajstić information content (AvgIpc) is 2.43. The fourth-order valence-corrected chi connectivity index (χ4v) is 2.45. The number of Topliss-reactive ketones (excluding diaryl/α,β-unsaturated/α-hetero) is 1. The molecule has 1 aliphatic heterocycles. The number of allylic oxidation sites excluding steroid dienone is 2. The van der Waals surface area contributed by atoms with Gasteiger partial charge >= 0.3 is 0 Å². The Balaban J connectivity index is 2.28. The van der Waals surface area contributed by atoms with Crippen molar-refractivity contribution in [2.24, 2.45) is 5.92 Å². The standard InChI is InChI=1S/C14H18N2O3/c1-9-11(7-15)13(17)10(2)14(18)12(9)8-16-3-5-19-6-4-16/h10,18H,3-6,8H2,1-2H3/t10-/m0/s1. The summed E-state index contributed by atoms with van der Waals surface area (Å²) in [6.07, 6.45) is 0. The lowest BCUT2D eigenvalue weighted by Crippen LogP contribution is -2.39. The zero-order valence-corrected chi connectivity index (χ0v) is 11.3. The third-order valence-corrected chi connectivity index (χ3v) is 3.78. The van der Waals surface area contributed by atoms with Crippen LogP contribution >= 0.6 is 0 Å². The Labute approximate surface area is 112 Å². The highest BCUT2D eigenvalue weighted by Crippen LogP contribution is 2.31. The minimum absolute atomic E-state index is 0.105. The van der Waals surface area contributed by atoms with Crippen LogP contribution in [0.4, 0.5) is 0 Å². The molecule has 0 spiro atoms. The number of ketones is 1. The highest BCUT2D eigenvalue weighted by molar-refractivity contribution is 6.04. The summed E-state index contributed by atoms with van der Waals surface area (Å²) in [5, 5.41) is 19.3. The van der Waals surface area contributed by atoms with E-state index in [0.717, 1.165) is 13.1 Å². The van der Waals surface area contributed by atoms with Crippen molar-refractivity contribution in [1.82, 2.24) is 4.90 Å². The molecule has 0 aromatic rings. The zero-order chi connectivity index (χ0) is 14.0. The van der Waals surface area contributed by atoms with E-state index < -0.39 is 5.92 Å². The third-order valence-electron chi connectivity index (χ3n) is 3.78. The van der Waals surface area contributed by atoms with Crippen molar-refractivity contribution in [1.29, 1.82) is 5.26 Å². The van der Waals surface area contributed by atoms with Gasteiger partial charge in [-0.05, 0) is 19.4 Å². The highest BCUT2D eigenvalue weighted by Gasteiger charge is 2.32. The maximum atomic E-state index is 11.9. The highest BCUT2D eigenvalue weighted by atomic mass is 16.5. The number of nitriles is 1. The van der Waals surface area contributed by atoms with Crippen LogP contribution in [-0.2, 0) is 9.53 Å². The van der Waals surface area contributed by atoms with Crippen LogP contribution in [0.1, 0.15) is 13.8 Å². The molecule has 1 aliphatic carbocycles. The summed E-state index contributed by atoms with van der Waals surface area (Å²) in [4.78, 5) is 14.1. The van der Waals surface area contributed by atoms with Crippen LogP contribution in [0, 0.1) is 17.2 Å². The number of aliphatic hydroxyl groups excluding tert-OH is 1. The molecule has 102 valence electrons. The molecule has 5 nitrogen and oxygen atoms in total. The molecule has 0 saturated carbocycles. The van der Waals surface area contributed by atoms with Crippen LogP contribution in [0.15, 0.2) is 22.5 Å². The van der Waals surface area contributed by atoms with Gasteiger partial charge in [-0.1, -0.05) is 0 Å². The van der Waals surface area contributed by atoms with Crippen molar-refractivity contribution in [2.75, 3.05) is 32.8 Å². The summed E-state index contributed by atoms with van der Waals surface area (Å²) in [6.45, 7) is 6.88. The lowest BCUT2D eigenvalue weighted by Gasteiger charge is -2.30. The minimum Gasteiger partial charge on any atom is -0.511 e. The number of nitrogens with zero attached hydrogens (tertiary/aromatic N) is 2. The molecule has 0 unspecified atom stereocenters. The second-order valence-electron chi connectivity index (χ2n) is 4.95. The second kappa shape index (κ2) is 5.55. The Bertz CT molecular complexity index is 493. The summed E-state index contributed by atoms with van der Waals surface area (Å²) in [5.74, 6) is -0.800. The number of ether oxygens (including phenoxy) is 1. The molecule has 1 atom stereocenters. The van der Waals surface area contributed by atoms with Gasteiger partial charge in [-0.3, -0.25) is 9.69 Å². The molecule has 1 fully saturated rings. The molecule has 0 amide bonds. The van der Waals surface area contributed by atoms with E-state index in [1.807, 2.05) is 6.07 Å². The largest absolute Gasteiger partial charge is 0.511 e. The van der Waals surface area contributed by atoms with Gasteiger partial charge in [0.15, 0.2) is 5.78 Å². The topological polar surface area (TPSA) is 73.6 Å². The Morgan fingerprint density at radius 3 is 2.68 bits per heavy atom. The van der Waals surface area contributed by atoms with Crippen LogP contribution in [0.25, 0.3) is 0 Å². The number of carbonyl (C=O) groups excluding carboxylic acids is 1. The predicted octanol–water partition coefficient (Wildman–Crippen LogP) is 1.19. The molecule has 1 heterocycles. The molecule has 0 aromatic heterocycles. The third kappa shape index (κ3) is 2.55. The van der Waals surface area contributed by atoms with Crippen molar-refractivity contribution in [3.8, 4) is 6.07 Å². The molecule has 2 aliphatic rings. The second-order valence-corrected chi connectivity index (χ2v) is 4.95. The summed E-state index contributed by atoms with van der Waals surface area (Å²) < 4.78 is 5.28. The number of hydrogen-bond donors (Lipinski definition) is 1. The summed E-state index contributed by atoms with van der Waals surface area (Å²) in [6, 6.07) is 1.96. The van der Waals surface area contributed by atoms with Gasteiger partial charge < -0.3 is 9.84 Å². The smallest absolute Gasteiger partial charge is 0.183 e. The molecule has 5 heteroatoms.